The molecule has 2 aromatic heterocycles. The van der Waals surface area contributed by atoms with Gasteiger partial charge in [-0.2, -0.15) is 0 Å². The van der Waals surface area contributed by atoms with Crippen molar-refractivity contribution < 1.29 is 28.6 Å². The molecule has 0 saturated carbocycles. The third kappa shape index (κ3) is 4.14. The molecule has 10 heteroatoms. The van der Waals surface area contributed by atoms with E-state index in [2.05, 4.69) is 5.32 Å². The van der Waals surface area contributed by atoms with Crippen LogP contribution in [0.15, 0.2) is 76.9 Å². The van der Waals surface area contributed by atoms with Crippen LogP contribution in [0.2, 0.25) is 0 Å². The molecule has 0 unspecified atom stereocenters. The Morgan fingerprint density at radius 3 is 2.56 bits per heavy atom. The summed E-state index contributed by atoms with van der Waals surface area (Å²) >= 11 is 5.27. The number of aromatic carboxylic acids is 1. The number of para-hydroxylation sites is 1. The Labute approximate surface area is 210 Å². The van der Waals surface area contributed by atoms with Crippen LogP contribution < -0.4 is 15.0 Å². The van der Waals surface area contributed by atoms with Gasteiger partial charge in [-0.3, -0.25) is 19.8 Å². The fourth-order valence-corrected chi connectivity index (χ4v) is 4.33. The normalized spacial score (nSPS) is 15.0. The smallest absolute Gasteiger partial charge is 0.371 e. The molecule has 0 aliphatic carbocycles. The van der Waals surface area contributed by atoms with E-state index >= 15 is 0 Å². The minimum atomic E-state index is -1.15. The number of rotatable bonds is 6. The number of methoxy groups -OCH3 is 1. The molecule has 5 rings (SSSR count). The average molecular weight is 502 g/mol. The van der Waals surface area contributed by atoms with Gasteiger partial charge >= 0.3 is 5.97 Å². The molecule has 1 aliphatic heterocycles. The molecule has 2 amide bonds. The highest BCUT2D eigenvalue weighted by atomic mass is 32.1. The number of benzene rings is 2. The molecule has 1 fully saturated rings. The molecule has 0 atom stereocenters. The molecule has 9 nitrogen and oxygen atoms in total. The minimum absolute atomic E-state index is 0.0122. The van der Waals surface area contributed by atoms with Crippen LogP contribution in [0.4, 0.5) is 5.69 Å². The molecule has 1 aliphatic rings. The lowest BCUT2D eigenvalue weighted by Gasteiger charge is -2.29. The first-order valence-corrected chi connectivity index (χ1v) is 11.2. The van der Waals surface area contributed by atoms with E-state index in [9.17, 15) is 14.4 Å². The maximum absolute atomic E-state index is 13.4. The monoisotopic (exact) mass is 501 g/mol. The Morgan fingerprint density at radius 1 is 1.11 bits per heavy atom. The first-order chi connectivity index (χ1) is 17.4. The van der Waals surface area contributed by atoms with E-state index in [1.807, 2.05) is 28.8 Å². The SMILES string of the molecule is COc1ccc(N2C(=O)/C(=C/c3cn(Cc4ccc(C(=O)O)o4)c4ccccc34)C(=O)NC2=S)cc1. The van der Waals surface area contributed by atoms with Gasteiger partial charge in [0, 0.05) is 22.7 Å². The fourth-order valence-electron chi connectivity index (χ4n) is 4.05. The number of thiocarbonyl (C=S) groups is 1. The lowest BCUT2D eigenvalue weighted by molar-refractivity contribution is -0.122. The highest BCUT2D eigenvalue weighted by molar-refractivity contribution is 7.80. The van der Waals surface area contributed by atoms with Crippen LogP contribution in [0.5, 0.6) is 5.75 Å². The Kier molecular flexibility index (Phi) is 5.87. The first-order valence-electron chi connectivity index (χ1n) is 10.8. The number of fused-ring (bicyclic) bond motifs is 1. The maximum atomic E-state index is 13.4. The number of nitrogens with one attached hydrogen (secondary N) is 1. The lowest BCUT2D eigenvalue weighted by Crippen LogP contribution is -2.54. The average Bonchev–Trinajstić information content (AvgIpc) is 3.48. The third-order valence-electron chi connectivity index (χ3n) is 5.75. The van der Waals surface area contributed by atoms with E-state index in [1.165, 1.54) is 17.0 Å². The molecular weight excluding hydrogens is 482 g/mol. The van der Waals surface area contributed by atoms with Gasteiger partial charge in [0.2, 0.25) is 5.76 Å². The zero-order chi connectivity index (χ0) is 25.4. The van der Waals surface area contributed by atoms with Crippen molar-refractivity contribution in [1.29, 1.82) is 0 Å². The Balaban J connectivity index is 1.53. The summed E-state index contributed by atoms with van der Waals surface area (Å²) in [7, 11) is 1.54. The van der Waals surface area contributed by atoms with Crippen molar-refractivity contribution in [2.24, 2.45) is 0 Å². The number of ether oxygens (including phenoxy) is 1. The number of anilines is 1. The van der Waals surface area contributed by atoms with Gasteiger partial charge in [0.05, 0.1) is 19.3 Å². The summed E-state index contributed by atoms with van der Waals surface area (Å²) in [6.07, 6.45) is 3.31. The number of carbonyl (C=O) groups excluding carboxylic acids is 2. The van der Waals surface area contributed by atoms with Gasteiger partial charge in [-0.15, -0.1) is 0 Å². The summed E-state index contributed by atoms with van der Waals surface area (Å²) < 4.78 is 12.4. The molecule has 2 aromatic carbocycles. The zero-order valence-electron chi connectivity index (χ0n) is 18.9. The van der Waals surface area contributed by atoms with Crippen molar-refractivity contribution in [3.63, 3.8) is 0 Å². The molecule has 2 N–H and O–H groups in total. The van der Waals surface area contributed by atoms with Gasteiger partial charge in [0.1, 0.15) is 17.1 Å². The van der Waals surface area contributed by atoms with Crippen molar-refractivity contribution in [2.45, 2.75) is 6.54 Å². The quantitative estimate of drug-likeness (QED) is 0.235. The van der Waals surface area contributed by atoms with Crippen LogP contribution >= 0.6 is 12.2 Å². The van der Waals surface area contributed by atoms with E-state index in [4.69, 9.17) is 26.5 Å². The highest BCUT2D eigenvalue weighted by Crippen LogP contribution is 2.28. The van der Waals surface area contributed by atoms with Crippen molar-refractivity contribution in [3.05, 3.63) is 89.5 Å². The van der Waals surface area contributed by atoms with Gasteiger partial charge in [0.25, 0.3) is 11.8 Å². The summed E-state index contributed by atoms with van der Waals surface area (Å²) in [5, 5.41) is 12.5. The lowest BCUT2D eigenvalue weighted by atomic mass is 10.1. The van der Waals surface area contributed by atoms with Gasteiger partial charge in [-0.1, -0.05) is 18.2 Å². The highest BCUT2D eigenvalue weighted by Gasteiger charge is 2.34. The van der Waals surface area contributed by atoms with Gasteiger partial charge in [-0.05, 0) is 60.8 Å². The van der Waals surface area contributed by atoms with Crippen molar-refractivity contribution in [1.82, 2.24) is 9.88 Å². The molecule has 3 heterocycles. The first kappa shape index (κ1) is 23.1. The molecule has 180 valence electrons. The second kappa shape index (κ2) is 9.16. The number of carboxylic acids is 1. The number of carbonyl (C=O) groups is 3. The van der Waals surface area contributed by atoms with E-state index in [0.29, 0.717) is 22.8 Å². The molecule has 0 bridgehead atoms. The molecule has 36 heavy (non-hydrogen) atoms. The molecule has 1 saturated heterocycles. The van der Waals surface area contributed by atoms with Crippen LogP contribution in [-0.2, 0) is 16.1 Å². The fraction of sp³-hybridized carbons (Fsp3) is 0.0769. The summed E-state index contributed by atoms with van der Waals surface area (Å²) in [6, 6.07) is 17.2. The van der Waals surface area contributed by atoms with Crippen molar-refractivity contribution in [2.75, 3.05) is 12.0 Å². The number of hydrogen-bond donors (Lipinski definition) is 2. The van der Waals surface area contributed by atoms with Crippen LogP contribution in [0, 0.1) is 0 Å². The second-order valence-corrected chi connectivity index (χ2v) is 8.34. The van der Waals surface area contributed by atoms with Crippen LogP contribution in [0.3, 0.4) is 0 Å². The zero-order valence-corrected chi connectivity index (χ0v) is 19.7. The van der Waals surface area contributed by atoms with Crippen LogP contribution in [0.1, 0.15) is 21.9 Å². The van der Waals surface area contributed by atoms with E-state index in [-0.39, 0.29) is 23.0 Å². The van der Waals surface area contributed by atoms with Crippen LogP contribution in [-0.4, -0.2) is 39.7 Å². The van der Waals surface area contributed by atoms with E-state index in [1.54, 1.807) is 43.6 Å². The van der Waals surface area contributed by atoms with Gasteiger partial charge < -0.3 is 18.8 Å². The third-order valence-corrected chi connectivity index (χ3v) is 6.03. The summed E-state index contributed by atoms with van der Waals surface area (Å²) in [5.41, 5.74) is 1.88. The van der Waals surface area contributed by atoms with Gasteiger partial charge in [0.15, 0.2) is 5.11 Å². The minimum Gasteiger partial charge on any atom is -0.497 e. The second-order valence-electron chi connectivity index (χ2n) is 7.96. The topological polar surface area (TPSA) is 114 Å². The number of nitrogens with zero attached hydrogens (tertiary/aromatic N) is 2. The number of aromatic nitrogens is 1. The molecular formula is C26H19N3O6S. The molecule has 4 aromatic rings. The Morgan fingerprint density at radius 2 is 1.86 bits per heavy atom. The predicted octanol–water partition coefficient (Wildman–Crippen LogP) is 3.82. The number of hydrogen-bond acceptors (Lipinski definition) is 6. The number of furan rings is 1. The Bertz CT molecular complexity index is 1560. The van der Waals surface area contributed by atoms with E-state index in [0.717, 1.165) is 10.9 Å². The molecule has 0 radical (unpaired) electrons. The summed E-state index contributed by atoms with van der Waals surface area (Å²) in [4.78, 5) is 38.6. The van der Waals surface area contributed by atoms with Crippen LogP contribution in [0.25, 0.3) is 17.0 Å². The Hall–Kier alpha value is -4.70. The number of amides is 2. The molecule has 0 spiro atoms. The van der Waals surface area contributed by atoms with E-state index < -0.39 is 17.8 Å². The maximum Gasteiger partial charge on any atom is 0.371 e. The largest absolute Gasteiger partial charge is 0.497 e. The summed E-state index contributed by atoms with van der Waals surface area (Å²) in [6.45, 7) is 0.263. The van der Waals surface area contributed by atoms with Crippen molar-refractivity contribution in [3.8, 4) is 5.75 Å². The van der Waals surface area contributed by atoms with Crippen molar-refractivity contribution >= 4 is 57.8 Å². The summed E-state index contributed by atoms with van der Waals surface area (Å²) in [5.74, 6) is -1.37. The predicted molar refractivity (Wildman–Crippen MR) is 136 cm³/mol. The van der Waals surface area contributed by atoms with Gasteiger partial charge in [-0.25, -0.2) is 4.79 Å². The number of carboxylic acid groups (broad SMARTS) is 1. The standard InChI is InChI=1S/C26H19N3O6S/c1-34-17-8-6-16(7-9-17)29-24(31)20(23(30)27-26(29)36)12-15-13-28(21-5-3-2-4-19(15)21)14-18-10-11-22(35-18)25(32)33/h2-13H,14H2,1H3,(H,32,33)(H,27,30,36)/b20-12+.